The molecule has 0 radical (unpaired) electrons. The lowest BCUT2D eigenvalue weighted by Crippen LogP contribution is -2.44. The highest BCUT2D eigenvalue weighted by Crippen LogP contribution is 2.18. The van der Waals surface area contributed by atoms with E-state index in [-0.39, 0.29) is 16.8 Å². The van der Waals surface area contributed by atoms with Crippen LogP contribution < -0.4 is 15.8 Å². The van der Waals surface area contributed by atoms with Gasteiger partial charge in [0.15, 0.2) is 0 Å². The van der Waals surface area contributed by atoms with Gasteiger partial charge >= 0.3 is 0 Å². The van der Waals surface area contributed by atoms with Crippen LogP contribution in [0.15, 0.2) is 29.2 Å². The van der Waals surface area contributed by atoms with Crippen molar-refractivity contribution in [2.24, 2.45) is 5.14 Å². The summed E-state index contributed by atoms with van der Waals surface area (Å²) in [7, 11) is -3.72. The third-order valence-corrected chi connectivity index (χ3v) is 5.36. The van der Waals surface area contributed by atoms with Crippen molar-refractivity contribution in [1.29, 1.82) is 0 Å². The van der Waals surface area contributed by atoms with E-state index in [4.69, 9.17) is 5.14 Å². The third-order valence-electron chi connectivity index (χ3n) is 4.43. The van der Waals surface area contributed by atoms with Crippen molar-refractivity contribution < 1.29 is 13.2 Å². The summed E-state index contributed by atoms with van der Waals surface area (Å²) in [6.45, 7) is 1.85. The molecular formula is C17H27N3O3S. The zero-order chi connectivity index (χ0) is 17.6. The lowest BCUT2D eigenvalue weighted by molar-refractivity contribution is -0.118. The van der Waals surface area contributed by atoms with Crippen molar-refractivity contribution in [3.63, 3.8) is 0 Å². The SMILES string of the molecule is C[C@@H](NC1CCCCCCC1)C(=O)Nc1ccc(S(N)(=O)=O)cc1. The van der Waals surface area contributed by atoms with Gasteiger partial charge in [-0.05, 0) is 44.0 Å². The molecule has 0 unspecified atom stereocenters. The maximum absolute atomic E-state index is 12.3. The van der Waals surface area contributed by atoms with Crippen LogP contribution in [-0.2, 0) is 14.8 Å². The fourth-order valence-electron chi connectivity index (χ4n) is 3.03. The fourth-order valence-corrected chi connectivity index (χ4v) is 3.55. The summed E-state index contributed by atoms with van der Waals surface area (Å²) >= 11 is 0. The minimum absolute atomic E-state index is 0.0289. The first kappa shape index (κ1) is 18.9. The molecule has 1 aromatic rings. The maximum Gasteiger partial charge on any atom is 0.241 e. The molecule has 1 aromatic carbocycles. The number of amides is 1. The average molecular weight is 353 g/mol. The summed E-state index contributed by atoms with van der Waals surface area (Å²) in [6.07, 6.45) is 8.50. The number of carbonyl (C=O) groups is 1. The Morgan fingerprint density at radius 2 is 1.62 bits per heavy atom. The summed E-state index contributed by atoms with van der Waals surface area (Å²) in [5.41, 5.74) is 0.554. The van der Waals surface area contributed by atoms with Crippen molar-refractivity contribution in [3.05, 3.63) is 24.3 Å². The third kappa shape index (κ3) is 5.89. The van der Waals surface area contributed by atoms with Gasteiger partial charge in [-0.15, -0.1) is 0 Å². The van der Waals surface area contributed by atoms with Gasteiger partial charge in [0.1, 0.15) is 0 Å². The van der Waals surface area contributed by atoms with E-state index < -0.39 is 10.0 Å². The largest absolute Gasteiger partial charge is 0.325 e. The molecule has 2 rings (SSSR count). The van der Waals surface area contributed by atoms with Crippen LogP contribution in [0.1, 0.15) is 51.9 Å². The first-order chi connectivity index (χ1) is 11.4. The molecule has 24 heavy (non-hydrogen) atoms. The minimum Gasteiger partial charge on any atom is -0.325 e. The Balaban J connectivity index is 1.88. The van der Waals surface area contributed by atoms with E-state index >= 15 is 0 Å². The smallest absolute Gasteiger partial charge is 0.241 e. The predicted molar refractivity (Wildman–Crippen MR) is 95.1 cm³/mol. The molecule has 7 heteroatoms. The van der Waals surface area contributed by atoms with Gasteiger partial charge in [-0.3, -0.25) is 4.79 Å². The Labute approximate surface area is 144 Å². The Hall–Kier alpha value is -1.44. The van der Waals surface area contributed by atoms with Gasteiger partial charge < -0.3 is 10.6 Å². The summed E-state index contributed by atoms with van der Waals surface area (Å²) in [5.74, 6) is -0.125. The van der Waals surface area contributed by atoms with Gasteiger partial charge in [-0.2, -0.15) is 0 Å². The van der Waals surface area contributed by atoms with Gasteiger partial charge in [-0.1, -0.05) is 32.1 Å². The number of benzene rings is 1. The highest BCUT2D eigenvalue weighted by atomic mass is 32.2. The predicted octanol–water partition coefficient (Wildman–Crippen LogP) is 2.36. The maximum atomic E-state index is 12.3. The van der Waals surface area contributed by atoms with Gasteiger partial charge in [0.25, 0.3) is 0 Å². The number of hydrogen-bond donors (Lipinski definition) is 3. The number of hydrogen-bond acceptors (Lipinski definition) is 4. The van der Waals surface area contributed by atoms with Crippen LogP contribution in [0.2, 0.25) is 0 Å². The van der Waals surface area contributed by atoms with Crippen molar-refractivity contribution >= 4 is 21.6 Å². The Morgan fingerprint density at radius 1 is 1.08 bits per heavy atom. The van der Waals surface area contributed by atoms with E-state index in [1.807, 2.05) is 6.92 Å². The molecule has 1 aliphatic rings. The zero-order valence-corrected chi connectivity index (χ0v) is 14.9. The highest BCUT2D eigenvalue weighted by molar-refractivity contribution is 7.89. The van der Waals surface area contributed by atoms with Crippen molar-refractivity contribution in [2.75, 3.05) is 5.32 Å². The van der Waals surface area contributed by atoms with Crippen LogP contribution in [0.25, 0.3) is 0 Å². The first-order valence-corrected chi connectivity index (χ1v) is 10.1. The summed E-state index contributed by atoms with van der Waals surface area (Å²) in [5, 5.41) is 11.3. The molecule has 1 saturated carbocycles. The molecule has 0 aromatic heterocycles. The molecule has 134 valence electrons. The lowest BCUT2D eigenvalue weighted by Gasteiger charge is -2.24. The van der Waals surface area contributed by atoms with Crippen LogP contribution in [0.3, 0.4) is 0 Å². The topological polar surface area (TPSA) is 101 Å². The standard InChI is InChI=1S/C17H27N3O3S/c1-13(19-14-7-5-3-2-4-6-8-14)17(21)20-15-9-11-16(12-10-15)24(18,22)23/h9-14,19H,2-8H2,1H3,(H,20,21)(H2,18,22,23)/t13-/m1/s1. The molecule has 0 spiro atoms. The first-order valence-electron chi connectivity index (χ1n) is 8.56. The van der Waals surface area contributed by atoms with Crippen molar-refractivity contribution in [1.82, 2.24) is 5.32 Å². The Morgan fingerprint density at radius 3 is 2.17 bits per heavy atom. The normalized spacial score (nSPS) is 18.4. The molecule has 0 aliphatic heterocycles. The summed E-state index contributed by atoms with van der Waals surface area (Å²) in [6, 6.07) is 5.94. The Kier molecular flexibility index (Phi) is 6.77. The van der Waals surface area contributed by atoms with E-state index in [1.54, 1.807) is 12.1 Å². The number of anilines is 1. The molecule has 1 amide bonds. The number of primary sulfonamides is 1. The van der Waals surface area contributed by atoms with Crippen LogP contribution in [0, 0.1) is 0 Å². The van der Waals surface area contributed by atoms with E-state index in [0.717, 1.165) is 12.8 Å². The van der Waals surface area contributed by atoms with Gasteiger partial charge in [0.05, 0.1) is 10.9 Å². The monoisotopic (exact) mass is 353 g/mol. The molecular weight excluding hydrogens is 326 g/mol. The zero-order valence-electron chi connectivity index (χ0n) is 14.1. The van der Waals surface area contributed by atoms with Gasteiger partial charge in [-0.25, -0.2) is 13.6 Å². The second-order valence-electron chi connectivity index (χ2n) is 6.49. The summed E-state index contributed by atoms with van der Waals surface area (Å²) < 4.78 is 22.5. The highest BCUT2D eigenvalue weighted by Gasteiger charge is 2.19. The molecule has 0 bridgehead atoms. The van der Waals surface area contributed by atoms with Crippen molar-refractivity contribution in [3.8, 4) is 0 Å². The number of rotatable bonds is 5. The van der Waals surface area contributed by atoms with Crippen LogP contribution in [0.4, 0.5) is 5.69 Å². The number of carbonyl (C=O) groups excluding carboxylic acids is 1. The molecule has 1 fully saturated rings. The van der Waals surface area contributed by atoms with Crippen LogP contribution >= 0.6 is 0 Å². The average Bonchev–Trinajstić information content (AvgIpc) is 2.49. The summed E-state index contributed by atoms with van der Waals surface area (Å²) in [4.78, 5) is 12.3. The number of nitrogens with two attached hydrogens (primary N) is 1. The lowest BCUT2D eigenvalue weighted by atomic mass is 9.96. The molecule has 0 heterocycles. The quantitative estimate of drug-likeness (QED) is 0.756. The Bertz CT molecular complexity index is 636. The van der Waals surface area contributed by atoms with Gasteiger partial charge in [0, 0.05) is 11.7 Å². The molecule has 0 saturated heterocycles. The van der Waals surface area contributed by atoms with Crippen molar-refractivity contribution in [2.45, 2.75) is 68.8 Å². The number of sulfonamides is 1. The van der Waals surface area contributed by atoms with Crippen LogP contribution in [-0.4, -0.2) is 26.4 Å². The molecule has 1 atom stereocenters. The second-order valence-corrected chi connectivity index (χ2v) is 8.05. The van der Waals surface area contributed by atoms with Gasteiger partial charge in [0.2, 0.25) is 15.9 Å². The van der Waals surface area contributed by atoms with E-state index in [2.05, 4.69) is 10.6 Å². The van der Waals surface area contributed by atoms with E-state index in [9.17, 15) is 13.2 Å². The second kappa shape index (κ2) is 8.60. The minimum atomic E-state index is -3.72. The fraction of sp³-hybridized carbons (Fsp3) is 0.588. The number of nitrogens with one attached hydrogen (secondary N) is 2. The molecule has 6 nitrogen and oxygen atoms in total. The molecule has 1 aliphatic carbocycles. The van der Waals surface area contributed by atoms with E-state index in [1.165, 1.54) is 44.2 Å². The van der Waals surface area contributed by atoms with Crippen LogP contribution in [0.5, 0.6) is 0 Å². The van der Waals surface area contributed by atoms with E-state index in [0.29, 0.717) is 11.7 Å². The molecule has 4 N–H and O–H groups in total.